The Kier molecular flexibility index (Phi) is 3.70. The molecule has 0 saturated heterocycles. The van der Waals surface area contributed by atoms with Gasteiger partial charge in [-0.2, -0.15) is 0 Å². The highest BCUT2D eigenvalue weighted by molar-refractivity contribution is 5.90. The molecule has 118 valence electrons. The highest BCUT2D eigenvalue weighted by atomic mass is 16.5. The molecule has 1 heteroatoms. The van der Waals surface area contributed by atoms with E-state index in [1.54, 1.807) is 7.11 Å². The Bertz CT molecular complexity index is 1030. The van der Waals surface area contributed by atoms with Crippen molar-refractivity contribution in [2.75, 3.05) is 7.11 Å². The van der Waals surface area contributed by atoms with Gasteiger partial charge in [-0.3, -0.25) is 0 Å². The summed E-state index contributed by atoms with van der Waals surface area (Å²) in [6.07, 6.45) is 0.880. The van der Waals surface area contributed by atoms with Crippen LogP contribution in [0.4, 0.5) is 0 Å². The molecule has 0 aliphatic rings. The normalized spacial score (nSPS) is 11.1. The van der Waals surface area contributed by atoms with Crippen LogP contribution in [0.2, 0.25) is 0 Å². The van der Waals surface area contributed by atoms with E-state index in [1.165, 1.54) is 38.2 Å². The molecular weight excluding hydrogens is 292 g/mol. The summed E-state index contributed by atoms with van der Waals surface area (Å²) in [4.78, 5) is 0. The summed E-state index contributed by atoms with van der Waals surface area (Å²) in [5.74, 6) is 0.987. The number of methoxy groups -OCH3 is 1. The Morgan fingerprint density at radius 1 is 0.667 bits per heavy atom. The van der Waals surface area contributed by atoms with Gasteiger partial charge in [-0.05, 0) is 39.8 Å². The molecule has 1 nitrogen and oxygen atoms in total. The molecular formula is C23H20O. The first-order valence-electron chi connectivity index (χ1n) is 8.30. The summed E-state index contributed by atoms with van der Waals surface area (Å²) in [6, 6.07) is 25.8. The second-order valence-electron chi connectivity index (χ2n) is 6.23. The smallest absolute Gasteiger partial charge is 0.130 e. The molecule has 4 aromatic carbocycles. The number of benzene rings is 4. The predicted octanol–water partition coefficient (Wildman–Crippen LogP) is 5.90. The van der Waals surface area contributed by atoms with E-state index >= 15 is 0 Å². The molecule has 0 bridgehead atoms. The molecule has 0 aliphatic carbocycles. The van der Waals surface area contributed by atoms with Crippen molar-refractivity contribution < 1.29 is 4.74 Å². The Hall–Kier alpha value is -2.80. The Morgan fingerprint density at radius 3 is 1.96 bits per heavy atom. The van der Waals surface area contributed by atoms with Gasteiger partial charge in [0.25, 0.3) is 0 Å². The molecule has 0 aliphatic heterocycles. The van der Waals surface area contributed by atoms with Gasteiger partial charge in [0, 0.05) is 11.8 Å². The summed E-state index contributed by atoms with van der Waals surface area (Å²) in [7, 11) is 1.76. The summed E-state index contributed by atoms with van der Waals surface area (Å²) in [6.45, 7) is 2.21. The van der Waals surface area contributed by atoms with Crippen LogP contribution in [0.25, 0.3) is 21.5 Å². The van der Waals surface area contributed by atoms with Gasteiger partial charge in [-0.1, -0.05) is 72.8 Å². The van der Waals surface area contributed by atoms with Crippen LogP contribution < -0.4 is 4.74 Å². The fraction of sp³-hybridized carbons (Fsp3) is 0.130. The topological polar surface area (TPSA) is 9.23 Å². The van der Waals surface area contributed by atoms with Gasteiger partial charge in [-0.15, -0.1) is 0 Å². The van der Waals surface area contributed by atoms with Crippen LogP contribution in [0.1, 0.15) is 16.7 Å². The minimum Gasteiger partial charge on any atom is -0.496 e. The van der Waals surface area contributed by atoms with E-state index in [2.05, 4.69) is 79.7 Å². The molecule has 0 heterocycles. The second-order valence-corrected chi connectivity index (χ2v) is 6.23. The van der Waals surface area contributed by atoms with Crippen LogP contribution in [-0.2, 0) is 6.42 Å². The molecule has 0 radical (unpaired) electrons. The van der Waals surface area contributed by atoms with Crippen LogP contribution >= 0.6 is 0 Å². The zero-order valence-corrected chi connectivity index (χ0v) is 14.0. The molecule has 0 N–H and O–H groups in total. The van der Waals surface area contributed by atoms with Crippen molar-refractivity contribution in [3.05, 3.63) is 89.5 Å². The number of rotatable bonds is 3. The average Bonchev–Trinajstić information content (AvgIpc) is 2.64. The van der Waals surface area contributed by atoms with Crippen molar-refractivity contribution in [1.29, 1.82) is 0 Å². The minimum atomic E-state index is 0.880. The third-order valence-corrected chi connectivity index (χ3v) is 4.86. The van der Waals surface area contributed by atoms with E-state index in [-0.39, 0.29) is 0 Å². The van der Waals surface area contributed by atoms with Crippen molar-refractivity contribution in [2.24, 2.45) is 0 Å². The lowest BCUT2D eigenvalue weighted by Gasteiger charge is -2.14. The molecule has 0 atom stereocenters. The number of hydrogen-bond acceptors (Lipinski definition) is 1. The Morgan fingerprint density at radius 2 is 1.25 bits per heavy atom. The summed E-state index contributed by atoms with van der Waals surface area (Å²) in [5.41, 5.74) is 3.93. The first-order chi connectivity index (χ1) is 11.8. The maximum absolute atomic E-state index is 5.76. The molecule has 24 heavy (non-hydrogen) atoms. The average molecular weight is 312 g/mol. The lowest BCUT2D eigenvalue weighted by atomic mass is 9.94. The van der Waals surface area contributed by atoms with Crippen molar-refractivity contribution in [1.82, 2.24) is 0 Å². The van der Waals surface area contributed by atoms with Gasteiger partial charge < -0.3 is 4.74 Å². The van der Waals surface area contributed by atoms with E-state index in [1.807, 2.05) is 0 Å². The molecule has 0 amide bonds. The van der Waals surface area contributed by atoms with Gasteiger partial charge in [0.05, 0.1) is 7.11 Å². The maximum atomic E-state index is 5.76. The van der Waals surface area contributed by atoms with Gasteiger partial charge in [-0.25, -0.2) is 0 Å². The molecule has 0 unspecified atom stereocenters. The first-order valence-corrected chi connectivity index (χ1v) is 8.30. The second kappa shape index (κ2) is 6.01. The Labute approximate surface area is 142 Å². The van der Waals surface area contributed by atoms with Gasteiger partial charge in [0.2, 0.25) is 0 Å². The maximum Gasteiger partial charge on any atom is 0.130 e. The van der Waals surface area contributed by atoms with E-state index in [0.717, 1.165) is 12.2 Å². The third kappa shape index (κ3) is 2.43. The third-order valence-electron chi connectivity index (χ3n) is 4.86. The van der Waals surface area contributed by atoms with E-state index in [9.17, 15) is 0 Å². The summed E-state index contributed by atoms with van der Waals surface area (Å²) < 4.78 is 5.76. The number of fused-ring (bicyclic) bond motifs is 2. The molecule has 0 spiro atoms. The van der Waals surface area contributed by atoms with Crippen molar-refractivity contribution in [3.8, 4) is 5.75 Å². The molecule has 4 rings (SSSR count). The zero-order valence-electron chi connectivity index (χ0n) is 14.0. The fourth-order valence-corrected chi connectivity index (χ4v) is 3.54. The largest absolute Gasteiger partial charge is 0.496 e. The van der Waals surface area contributed by atoms with E-state index in [0.29, 0.717) is 0 Å². The standard InChI is InChI=1S/C23H20O/c1-16-19(13-11-17-7-3-5-9-21(16)17)15-20-14-12-18-8-4-6-10-22(18)23(20)24-2/h3-14H,15H2,1-2H3. The molecule has 4 aromatic rings. The van der Waals surface area contributed by atoms with E-state index in [4.69, 9.17) is 4.74 Å². The van der Waals surface area contributed by atoms with Crippen molar-refractivity contribution in [2.45, 2.75) is 13.3 Å². The lowest BCUT2D eigenvalue weighted by molar-refractivity contribution is 0.415. The molecule has 0 saturated carbocycles. The lowest BCUT2D eigenvalue weighted by Crippen LogP contribution is -1.97. The number of aryl methyl sites for hydroxylation is 1. The van der Waals surface area contributed by atoms with Crippen LogP contribution in [-0.4, -0.2) is 7.11 Å². The Balaban J connectivity index is 1.84. The molecule has 0 fully saturated rings. The minimum absolute atomic E-state index is 0.880. The van der Waals surface area contributed by atoms with Crippen molar-refractivity contribution in [3.63, 3.8) is 0 Å². The van der Waals surface area contributed by atoms with Crippen LogP contribution in [0.3, 0.4) is 0 Å². The van der Waals surface area contributed by atoms with Gasteiger partial charge in [0.1, 0.15) is 5.75 Å². The van der Waals surface area contributed by atoms with Crippen LogP contribution in [0.5, 0.6) is 5.75 Å². The number of hydrogen-bond donors (Lipinski definition) is 0. The SMILES string of the molecule is COc1c(Cc2ccc3ccccc3c2C)ccc2ccccc12. The molecule has 0 aromatic heterocycles. The number of ether oxygens (including phenoxy) is 1. The van der Waals surface area contributed by atoms with Crippen molar-refractivity contribution >= 4 is 21.5 Å². The van der Waals surface area contributed by atoms with Crippen LogP contribution in [0.15, 0.2) is 72.8 Å². The summed E-state index contributed by atoms with van der Waals surface area (Å²) in [5, 5.41) is 5.02. The quantitative estimate of drug-likeness (QED) is 0.457. The predicted molar refractivity (Wildman–Crippen MR) is 102 cm³/mol. The van der Waals surface area contributed by atoms with Gasteiger partial charge in [0.15, 0.2) is 0 Å². The van der Waals surface area contributed by atoms with Gasteiger partial charge >= 0.3 is 0 Å². The highest BCUT2D eigenvalue weighted by Gasteiger charge is 2.11. The van der Waals surface area contributed by atoms with Crippen LogP contribution in [0, 0.1) is 6.92 Å². The monoisotopic (exact) mass is 312 g/mol. The summed E-state index contributed by atoms with van der Waals surface area (Å²) >= 11 is 0. The zero-order chi connectivity index (χ0) is 16.5. The first kappa shape index (κ1) is 14.8. The fourth-order valence-electron chi connectivity index (χ4n) is 3.54. The van der Waals surface area contributed by atoms with E-state index < -0.39 is 0 Å². The highest BCUT2D eigenvalue weighted by Crippen LogP contribution is 2.32.